The number of para-hydroxylation sites is 1. The van der Waals surface area contributed by atoms with Crippen LogP contribution in [0.5, 0.6) is 5.75 Å². The van der Waals surface area contributed by atoms with E-state index in [0.29, 0.717) is 6.61 Å². The van der Waals surface area contributed by atoms with E-state index in [1.165, 1.54) is 11.1 Å². The first-order valence-corrected chi connectivity index (χ1v) is 7.26. The van der Waals surface area contributed by atoms with E-state index in [1.807, 2.05) is 25.4 Å². The summed E-state index contributed by atoms with van der Waals surface area (Å²) in [5.41, 5.74) is 3.43. The first-order chi connectivity index (χ1) is 9.16. The number of rotatable bonds is 5. The molecule has 0 amide bonds. The number of aromatic nitrogens is 2. The Labute approximate surface area is 118 Å². The Kier molecular flexibility index (Phi) is 4.80. The topological polar surface area (TPSA) is 35.0 Å². The fourth-order valence-corrected chi connectivity index (χ4v) is 2.36. The Bertz CT molecular complexity index is 520. The van der Waals surface area contributed by atoms with Crippen molar-refractivity contribution in [2.75, 3.05) is 12.4 Å². The maximum absolute atomic E-state index is 5.84. The molecule has 0 saturated carbocycles. The zero-order chi connectivity index (χ0) is 13.7. The Hall–Kier alpha value is -1.55. The Morgan fingerprint density at radius 2 is 1.68 bits per heavy atom. The molecule has 0 N–H and O–H groups in total. The van der Waals surface area contributed by atoms with Gasteiger partial charge in [0.15, 0.2) is 5.16 Å². The van der Waals surface area contributed by atoms with E-state index < -0.39 is 0 Å². The van der Waals surface area contributed by atoms with Gasteiger partial charge < -0.3 is 4.74 Å². The standard InChI is InChI=1S/C15H18N2OS/c1-11-9-16-15(17-10-11)19-8-7-18-14-12(2)5-4-6-13(14)3/h4-6,9-10H,7-8H2,1-3H3. The number of nitrogens with zero attached hydrogens (tertiary/aromatic N) is 2. The lowest BCUT2D eigenvalue weighted by molar-refractivity contribution is 0.339. The first kappa shape index (κ1) is 13.9. The van der Waals surface area contributed by atoms with Crippen LogP contribution in [0.15, 0.2) is 35.7 Å². The smallest absolute Gasteiger partial charge is 0.187 e. The molecule has 2 aromatic rings. The predicted octanol–water partition coefficient (Wildman–Crippen LogP) is 3.57. The number of hydrogen-bond donors (Lipinski definition) is 0. The molecule has 2 rings (SSSR count). The van der Waals surface area contributed by atoms with E-state index in [0.717, 1.165) is 22.2 Å². The monoisotopic (exact) mass is 274 g/mol. The third-order valence-electron chi connectivity index (χ3n) is 2.73. The van der Waals surface area contributed by atoms with E-state index in [-0.39, 0.29) is 0 Å². The molecule has 19 heavy (non-hydrogen) atoms. The minimum Gasteiger partial charge on any atom is -0.492 e. The van der Waals surface area contributed by atoms with Gasteiger partial charge in [-0.15, -0.1) is 0 Å². The summed E-state index contributed by atoms with van der Waals surface area (Å²) in [5, 5.41) is 0.802. The van der Waals surface area contributed by atoms with Crippen LogP contribution in [-0.2, 0) is 0 Å². The first-order valence-electron chi connectivity index (χ1n) is 6.27. The Balaban J connectivity index is 1.82. The van der Waals surface area contributed by atoms with Crippen LogP contribution in [0.25, 0.3) is 0 Å². The van der Waals surface area contributed by atoms with Crippen LogP contribution in [0.4, 0.5) is 0 Å². The molecule has 3 nitrogen and oxygen atoms in total. The van der Waals surface area contributed by atoms with Gasteiger partial charge in [-0.05, 0) is 37.5 Å². The van der Waals surface area contributed by atoms with Gasteiger partial charge in [0.1, 0.15) is 5.75 Å². The van der Waals surface area contributed by atoms with Gasteiger partial charge in [-0.2, -0.15) is 0 Å². The van der Waals surface area contributed by atoms with Crippen LogP contribution in [0.1, 0.15) is 16.7 Å². The maximum atomic E-state index is 5.84. The summed E-state index contributed by atoms with van der Waals surface area (Å²) in [6.07, 6.45) is 3.67. The van der Waals surface area contributed by atoms with Crippen molar-refractivity contribution >= 4 is 11.8 Å². The molecule has 0 bridgehead atoms. The van der Waals surface area contributed by atoms with Gasteiger partial charge in [0.2, 0.25) is 0 Å². The lowest BCUT2D eigenvalue weighted by atomic mass is 10.1. The highest BCUT2D eigenvalue weighted by Crippen LogP contribution is 2.22. The van der Waals surface area contributed by atoms with Gasteiger partial charge in [-0.3, -0.25) is 0 Å². The molecule has 1 aromatic heterocycles. The molecule has 0 spiro atoms. The van der Waals surface area contributed by atoms with Gasteiger partial charge in [-0.25, -0.2) is 9.97 Å². The fraction of sp³-hybridized carbons (Fsp3) is 0.333. The highest BCUT2D eigenvalue weighted by Gasteiger charge is 2.03. The van der Waals surface area contributed by atoms with Crippen molar-refractivity contribution in [3.63, 3.8) is 0 Å². The van der Waals surface area contributed by atoms with Crippen LogP contribution in [0, 0.1) is 20.8 Å². The second-order valence-corrected chi connectivity index (χ2v) is 5.52. The molecule has 1 aromatic carbocycles. The van der Waals surface area contributed by atoms with E-state index in [2.05, 4.69) is 35.9 Å². The summed E-state index contributed by atoms with van der Waals surface area (Å²) < 4.78 is 5.84. The molecule has 100 valence electrons. The zero-order valence-electron chi connectivity index (χ0n) is 11.5. The second-order valence-electron chi connectivity index (χ2n) is 4.46. The third-order valence-corrected chi connectivity index (χ3v) is 3.57. The molecular weight excluding hydrogens is 256 g/mol. The molecular formula is C15H18N2OS. The quantitative estimate of drug-likeness (QED) is 0.474. The van der Waals surface area contributed by atoms with Crippen LogP contribution < -0.4 is 4.74 Å². The molecule has 0 atom stereocenters. The fourth-order valence-electron chi connectivity index (χ4n) is 1.76. The summed E-state index contributed by atoms with van der Waals surface area (Å²) in [7, 11) is 0. The molecule has 0 radical (unpaired) electrons. The number of hydrogen-bond acceptors (Lipinski definition) is 4. The molecule has 0 fully saturated rings. The summed E-state index contributed by atoms with van der Waals surface area (Å²) in [6, 6.07) is 6.18. The van der Waals surface area contributed by atoms with Crippen molar-refractivity contribution in [3.8, 4) is 5.75 Å². The van der Waals surface area contributed by atoms with Crippen LogP contribution in [0.3, 0.4) is 0 Å². The summed E-state index contributed by atoms with van der Waals surface area (Å²) in [4.78, 5) is 8.51. The number of benzene rings is 1. The number of thioether (sulfide) groups is 1. The molecule has 4 heteroatoms. The molecule has 0 aliphatic heterocycles. The molecule has 0 saturated heterocycles. The average molecular weight is 274 g/mol. The molecule has 0 aliphatic carbocycles. The highest BCUT2D eigenvalue weighted by molar-refractivity contribution is 7.99. The van der Waals surface area contributed by atoms with E-state index in [9.17, 15) is 0 Å². The average Bonchev–Trinajstić information content (AvgIpc) is 2.39. The zero-order valence-corrected chi connectivity index (χ0v) is 12.3. The van der Waals surface area contributed by atoms with Gasteiger partial charge in [0.25, 0.3) is 0 Å². The van der Waals surface area contributed by atoms with Crippen molar-refractivity contribution in [1.29, 1.82) is 0 Å². The van der Waals surface area contributed by atoms with Gasteiger partial charge in [0, 0.05) is 18.1 Å². The Morgan fingerprint density at radius 1 is 1.05 bits per heavy atom. The summed E-state index contributed by atoms with van der Waals surface area (Å²) in [5.74, 6) is 1.84. The number of aryl methyl sites for hydroxylation is 3. The highest BCUT2D eigenvalue weighted by atomic mass is 32.2. The lowest BCUT2D eigenvalue weighted by Crippen LogP contribution is -2.03. The largest absolute Gasteiger partial charge is 0.492 e. The summed E-state index contributed by atoms with van der Waals surface area (Å²) >= 11 is 1.61. The van der Waals surface area contributed by atoms with E-state index in [4.69, 9.17) is 4.74 Å². The van der Waals surface area contributed by atoms with E-state index >= 15 is 0 Å². The van der Waals surface area contributed by atoms with Gasteiger partial charge in [-0.1, -0.05) is 30.0 Å². The van der Waals surface area contributed by atoms with Crippen LogP contribution in [-0.4, -0.2) is 22.3 Å². The van der Waals surface area contributed by atoms with Crippen LogP contribution >= 0.6 is 11.8 Å². The lowest BCUT2D eigenvalue weighted by Gasteiger charge is -2.11. The maximum Gasteiger partial charge on any atom is 0.187 e. The van der Waals surface area contributed by atoms with Gasteiger partial charge in [0.05, 0.1) is 6.61 Å². The van der Waals surface area contributed by atoms with Crippen molar-refractivity contribution in [2.24, 2.45) is 0 Å². The van der Waals surface area contributed by atoms with Crippen LogP contribution in [0.2, 0.25) is 0 Å². The van der Waals surface area contributed by atoms with Crippen molar-refractivity contribution in [3.05, 3.63) is 47.3 Å². The van der Waals surface area contributed by atoms with Crippen molar-refractivity contribution in [1.82, 2.24) is 9.97 Å². The molecule has 0 aliphatic rings. The normalized spacial score (nSPS) is 10.5. The third kappa shape index (κ3) is 3.96. The second kappa shape index (κ2) is 6.57. The minimum atomic E-state index is 0.660. The SMILES string of the molecule is Cc1cnc(SCCOc2c(C)cccc2C)nc1. The molecule has 0 unspecified atom stereocenters. The van der Waals surface area contributed by atoms with Crippen molar-refractivity contribution < 1.29 is 4.74 Å². The van der Waals surface area contributed by atoms with E-state index in [1.54, 1.807) is 11.8 Å². The minimum absolute atomic E-state index is 0.660. The van der Waals surface area contributed by atoms with Gasteiger partial charge >= 0.3 is 0 Å². The number of ether oxygens (including phenoxy) is 1. The van der Waals surface area contributed by atoms with Crippen molar-refractivity contribution in [2.45, 2.75) is 25.9 Å². The summed E-state index contributed by atoms with van der Waals surface area (Å²) in [6.45, 7) is 6.78. The predicted molar refractivity (Wildman–Crippen MR) is 78.9 cm³/mol. The Morgan fingerprint density at radius 3 is 2.32 bits per heavy atom. The molecule has 1 heterocycles.